The molecule has 0 aromatic carbocycles. The third kappa shape index (κ3) is 7.50. The van der Waals surface area contributed by atoms with Crippen molar-refractivity contribution in [1.82, 2.24) is 0 Å². The Kier molecular flexibility index (Phi) is 14.5. The first kappa shape index (κ1) is 14.0. The van der Waals surface area contributed by atoms with Crippen LogP contribution in [0.5, 0.6) is 0 Å². The predicted octanol–water partition coefficient (Wildman–Crippen LogP) is -3.66. The smallest absolute Gasteiger partial charge is 0.853 e. The van der Waals surface area contributed by atoms with Crippen molar-refractivity contribution in [2.45, 2.75) is 18.9 Å². The monoisotopic (exact) mass is 216 g/mol. The molecule has 1 atom stereocenters. The standard InChI is InChI=1S/C6H11O3.Rb/c1-9-6(5-8)3-2-4-7;/h4,6H,2-3,5H2,1H3;/q-1;+1. The molecule has 3 nitrogen and oxygen atoms in total. The van der Waals surface area contributed by atoms with Gasteiger partial charge in [0.2, 0.25) is 0 Å². The number of hydrogen-bond acceptors (Lipinski definition) is 3. The van der Waals surface area contributed by atoms with Crippen molar-refractivity contribution >= 4 is 6.29 Å². The van der Waals surface area contributed by atoms with Crippen molar-refractivity contribution in [3.63, 3.8) is 0 Å². The molecular weight excluding hydrogens is 206 g/mol. The summed E-state index contributed by atoms with van der Waals surface area (Å²) in [5.41, 5.74) is 0. The molecule has 0 N–H and O–H groups in total. The van der Waals surface area contributed by atoms with Crippen LogP contribution in [0.3, 0.4) is 0 Å². The minimum atomic E-state index is -0.282. The summed E-state index contributed by atoms with van der Waals surface area (Å²) in [4.78, 5) is 9.78. The molecule has 0 rings (SSSR count). The largest absolute Gasteiger partial charge is 1.00 e. The minimum Gasteiger partial charge on any atom is -0.853 e. The van der Waals surface area contributed by atoms with E-state index in [2.05, 4.69) is 0 Å². The third-order valence-corrected chi connectivity index (χ3v) is 1.13. The maximum Gasteiger partial charge on any atom is 1.00 e. The molecule has 0 fully saturated rings. The van der Waals surface area contributed by atoms with Crippen LogP contribution in [0.1, 0.15) is 12.8 Å². The van der Waals surface area contributed by atoms with E-state index in [1.165, 1.54) is 7.11 Å². The zero-order valence-electron chi connectivity index (χ0n) is 6.50. The predicted molar refractivity (Wildman–Crippen MR) is 31.0 cm³/mol. The number of rotatable bonds is 5. The van der Waals surface area contributed by atoms with Gasteiger partial charge in [-0.15, -0.1) is 6.61 Å². The van der Waals surface area contributed by atoms with Crippen LogP contribution >= 0.6 is 0 Å². The fourth-order valence-electron chi connectivity index (χ4n) is 0.523. The Hall–Kier alpha value is 1.40. The molecular formula is C6H11O3Rb. The van der Waals surface area contributed by atoms with Gasteiger partial charge < -0.3 is 14.6 Å². The van der Waals surface area contributed by atoms with E-state index in [-0.39, 0.29) is 70.9 Å². The van der Waals surface area contributed by atoms with E-state index in [1.807, 2.05) is 0 Å². The second kappa shape index (κ2) is 10.4. The van der Waals surface area contributed by atoms with Gasteiger partial charge in [0, 0.05) is 19.6 Å². The van der Waals surface area contributed by atoms with E-state index in [1.54, 1.807) is 0 Å². The van der Waals surface area contributed by atoms with Crippen molar-refractivity contribution in [3.05, 3.63) is 0 Å². The summed E-state index contributed by atoms with van der Waals surface area (Å²) in [6, 6.07) is 0. The first-order valence-electron chi connectivity index (χ1n) is 2.89. The molecule has 0 amide bonds. The fraction of sp³-hybridized carbons (Fsp3) is 0.833. The van der Waals surface area contributed by atoms with Gasteiger partial charge >= 0.3 is 58.2 Å². The number of hydrogen-bond donors (Lipinski definition) is 0. The number of aldehydes is 1. The van der Waals surface area contributed by atoms with Gasteiger partial charge in [-0.25, -0.2) is 0 Å². The van der Waals surface area contributed by atoms with E-state index in [0.717, 1.165) is 6.29 Å². The Morgan fingerprint density at radius 3 is 2.60 bits per heavy atom. The molecule has 0 bridgehead atoms. The molecule has 0 saturated carbocycles. The number of ether oxygens (including phenoxy) is 1. The van der Waals surface area contributed by atoms with E-state index in [0.29, 0.717) is 12.8 Å². The van der Waals surface area contributed by atoms with Crippen molar-refractivity contribution in [3.8, 4) is 0 Å². The van der Waals surface area contributed by atoms with Crippen LogP contribution in [0.2, 0.25) is 0 Å². The van der Waals surface area contributed by atoms with Crippen LogP contribution in [-0.2, 0) is 9.53 Å². The first-order chi connectivity index (χ1) is 4.35. The summed E-state index contributed by atoms with van der Waals surface area (Å²) in [7, 11) is 1.48. The van der Waals surface area contributed by atoms with E-state index in [9.17, 15) is 9.90 Å². The molecule has 1 unspecified atom stereocenters. The maximum absolute atomic E-state index is 10.1. The Balaban J connectivity index is 0. The van der Waals surface area contributed by atoms with Crippen molar-refractivity contribution in [1.29, 1.82) is 0 Å². The van der Waals surface area contributed by atoms with Crippen molar-refractivity contribution < 1.29 is 72.8 Å². The van der Waals surface area contributed by atoms with Gasteiger partial charge in [0.05, 0.1) is 0 Å². The minimum absolute atomic E-state index is 0. The molecule has 0 aromatic rings. The summed E-state index contributed by atoms with van der Waals surface area (Å²) in [6.07, 6.45) is 1.47. The van der Waals surface area contributed by atoms with Gasteiger partial charge in [0.1, 0.15) is 6.29 Å². The van der Waals surface area contributed by atoms with Crippen LogP contribution in [0.25, 0.3) is 0 Å². The number of carbonyl (C=O) groups is 1. The summed E-state index contributed by atoms with van der Waals surface area (Å²) in [6.45, 7) is -0.260. The SMILES string of the molecule is COC(C[O-])CCC=O.[Rb+]. The average molecular weight is 217 g/mol. The maximum atomic E-state index is 10.1. The van der Waals surface area contributed by atoms with Gasteiger partial charge in [-0.2, -0.15) is 0 Å². The van der Waals surface area contributed by atoms with Gasteiger partial charge in [-0.3, -0.25) is 0 Å². The molecule has 0 heterocycles. The topological polar surface area (TPSA) is 49.4 Å². The van der Waals surface area contributed by atoms with Gasteiger partial charge in [-0.05, 0) is 6.42 Å². The van der Waals surface area contributed by atoms with Gasteiger partial charge in [-0.1, -0.05) is 0 Å². The molecule has 0 aliphatic heterocycles. The summed E-state index contributed by atoms with van der Waals surface area (Å²) >= 11 is 0. The molecule has 0 spiro atoms. The normalized spacial score (nSPS) is 11.8. The van der Waals surface area contributed by atoms with E-state index in [4.69, 9.17) is 4.74 Å². The Bertz CT molecular complexity index is 73.4. The summed E-state index contributed by atoms with van der Waals surface area (Å²) < 4.78 is 4.73. The van der Waals surface area contributed by atoms with E-state index >= 15 is 0 Å². The average Bonchev–Trinajstić information content (AvgIpc) is 1.91. The van der Waals surface area contributed by atoms with Crippen LogP contribution in [-0.4, -0.2) is 26.1 Å². The molecule has 54 valence electrons. The number of carbonyl (C=O) groups excluding carboxylic acids is 1. The summed E-state index contributed by atoms with van der Waals surface area (Å²) in [5, 5.41) is 10.1. The molecule has 0 aliphatic rings. The van der Waals surface area contributed by atoms with E-state index < -0.39 is 0 Å². The zero-order valence-corrected chi connectivity index (χ0v) is 11.4. The molecule has 0 saturated heterocycles. The van der Waals surface area contributed by atoms with Crippen LogP contribution < -0.4 is 63.3 Å². The van der Waals surface area contributed by atoms with Crippen LogP contribution in [0, 0.1) is 0 Å². The zero-order chi connectivity index (χ0) is 7.11. The fourth-order valence-corrected chi connectivity index (χ4v) is 0.523. The second-order valence-corrected chi connectivity index (χ2v) is 1.77. The van der Waals surface area contributed by atoms with Crippen molar-refractivity contribution in [2.75, 3.05) is 13.7 Å². The molecule has 0 radical (unpaired) electrons. The Labute approximate surface area is 110 Å². The molecule has 10 heavy (non-hydrogen) atoms. The van der Waals surface area contributed by atoms with Crippen LogP contribution in [0.4, 0.5) is 0 Å². The summed E-state index contributed by atoms with van der Waals surface area (Å²) in [5.74, 6) is 0. The second-order valence-electron chi connectivity index (χ2n) is 1.77. The van der Waals surface area contributed by atoms with Crippen LogP contribution in [0.15, 0.2) is 0 Å². The van der Waals surface area contributed by atoms with Gasteiger partial charge in [0.15, 0.2) is 0 Å². The third-order valence-electron chi connectivity index (χ3n) is 1.13. The van der Waals surface area contributed by atoms with Gasteiger partial charge in [0.25, 0.3) is 0 Å². The van der Waals surface area contributed by atoms with Crippen molar-refractivity contribution in [2.24, 2.45) is 0 Å². The Morgan fingerprint density at radius 1 is 1.70 bits per heavy atom. The molecule has 0 aromatic heterocycles. The quantitative estimate of drug-likeness (QED) is 0.446. The molecule has 4 heteroatoms. The Morgan fingerprint density at radius 2 is 2.30 bits per heavy atom. The first-order valence-corrected chi connectivity index (χ1v) is 2.89. The number of methoxy groups -OCH3 is 1. The molecule has 0 aliphatic carbocycles.